The molecule has 0 spiro atoms. The van der Waals surface area contributed by atoms with E-state index in [9.17, 15) is 9.59 Å². The van der Waals surface area contributed by atoms with E-state index in [0.29, 0.717) is 18.6 Å². The van der Waals surface area contributed by atoms with E-state index in [0.717, 1.165) is 17.2 Å². The maximum absolute atomic E-state index is 12.1. The number of rotatable bonds is 6. The van der Waals surface area contributed by atoms with Crippen molar-refractivity contribution >= 4 is 22.6 Å². The molecule has 120 valence electrons. The minimum atomic E-state index is -0.889. The molecule has 0 unspecified atom stereocenters. The minimum absolute atomic E-state index is 0.0347. The first-order valence-corrected chi connectivity index (χ1v) is 7.71. The predicted molar refractivity (Wildman–Crippen MR) is 86.4 cm³/mol. The van der Waals surface area contributed by atoms with E-state index >= 15 is 0 Å². The Balaban J connectivity index is 1.63. The molecule has 0 heterocycles. The van der Waals surface area contributed by atoms with Crippen LogP contribution in [0.15, 0.2) is 42.5 Å². The topological polar surface area (TPSA) is 75.6 Å². The summed E-state index contributed by atoms with van der Waals surface area (Å²) in [6.07, 6.45) is 2.32. The van der Waals surface area contributed by atoms with E-state index < -0.39 is 11.5 Å². The lowest BCUT2D eigenvalue weighted by Crippen LogP contribution is -2.55. The fourth-order valence-corrected chi connectivity index (χ4v) is 3.04. The number of fused-ring (bicyclic) bond motifs is 1. The van der Waals surface area contributed by atoms with Gasteiger partial charge in [0.2, 0.25) is 0 Å². The van der Waals surface area contributed by atoms with Crippen LogP contribution < -0.4 is 10.1 Å². The number of hydrogen-bond acceptors (Lipinski definition) is 3. The SMILES string of the molecule is O=C(O)CC1(NC(=O)COc2cccc3ccccc23)CCC1. The number of hydrogen-bond donors (Lipinski definition) is 2. The maximum Gasteiger partial charge on any atom is 0.305 e. The molecule has 0 atom stereocenters. The number of carboxylic acids is 1. The molecule has 5 nitrogen and oxygen atoms in total. The highest BCUT2D eigenvalue weighted by Gasteiger charge is 2.40. The van der Waals surface area contributed by atoms with Crippen LogP contribution in [-0.2, 0) is 9.59 Å². The first-order chi connectivity index (χ1) is 11.1. The van der Waals surface area contributed by atoms with Crippen molar-refractivity contribution in [2.24, 2.45) is 0 Å². The summed E-state index contributed by atoms with van der Waals surface area (Å²) in [7, 11) is 0. The van der Waals surface area contributed by atoms with Crippen molar-refractivity contribution in [1.82, 2.24) is 5.32 Å². The molecule has 1 amide bonds. The van der Waals surface area contributed by atoms with E-state index in [-0.39, 0.29) is 18.9 Å². The van der Waals surface area contributed by atoms with E-state index in [1.807, 2.05) is 42.5 Å². The molecule has 0 radical (unpaired) electrons. The van der Waals surface area contributed by atoms with Gasteiger partial charge in [-0.3, -0.25) is 9.59 Å². The van der Waals surface area contributed by atoms with Gasteiger partial charge in [-0.05, 0) is 30.7 Å². The molecule has 23 heavy (non-hydrogen) atoms. The standard InChI is InChI=1S/C18H19NO4/c20-16(19-18(9-4-10-18)11-17(21)22)12-23-15-8-3-6-13-5-1-2-7-14(13)15/h1-3,5-8H,4,9-12H2,(H,19,20)(H,21,22). The van der Waals surface area contributed by atoms with Crippen LogP contribution in [0.2, 0.25) is 0 Å². The van der Waals surface area contributed by atoms with Crippen LogP contribution in [0.4, 0.5) is 0 Å². The van der Waals surface area contributed by atoms with Gasteiger partial charge in [-0.1, -0.05) is 36.4 Å². The summed E-state index contributed by atoms with van der Waals surface area (Å²) < 4.78 is 5.64. The van der Waals surface area contributed by atoms with Crippen LogP contribution in [0.25, 0.3) is 10.8 Å². The Morgan fingerprint density at radius 1 is 1.13 bits per heavy atom. The predicted octanol–water partition coefficient (Wildman–Crippen LogP) is 2.73. The van der Waals surface area contributed by atoms with Crippen molar-refractivity contribution < 1.29 is 19.4 Å². The Kier molecular flexibility index (Phi) is 4.19. The van der Waals surface area contributed by atoms with Gasteiger partial charge >= 0.3 is 5.97 Å². The number of carbonyl (C=O) groups excluding carboxylic acids is 1. The molecule has 2 aromatic carbocycles. The Hall–Kier alpha value is -2.56. The molecule has 0 aromatic heterocycles. The summed E-state index contributed by atoms with van der Waals surface area (Å²) in [5, 5.41) is 13.8. The Bertz CT molecular complexity index is 731. The molecule has 0 saturated heterocycles. The van der Waals surface area contributed by atoms with Crippen molar-refractivity contribution in [1.29, 1.82) is 0 Å². The number of carboxylic acid groups (broad SMARTS) is 1. The highest BCUT2D eigenvalue weighted by Crippen LogP contribution is 2.35. The van der Waals surface area contributed by atoms with Gasteiger partial charge < -0.3 is 15.2 Å². The lowest BCUT2D eigenvalue weighted by molar-refractivity contribution is -0.140. The molecule has 2 aromatic rings. The zero-order chi connectivity index (χ0) is 16.3. The lowest BCUT2D eigenvalue weighted by Gasteiger charge is -2.41. The molecule has 3 rings (SSSR count). The number of carbonyl (C=O) groups is 2. The second-order valence-electron chi connectivity index (χ2n) is 6.02. The summed E-state index contributed by atoms with van der Waals surface area (Å²) in [4.78, 5) is 23.0. The van der Waals surface area contributed by atoms with Gasteiger partial charge in [-0.15, -0.1) is 0 Å². The van der Waals surface area contributed by atoms with Gasteiger partial charge in [-0.2, -0.15) is 0 Å². The first kappa shape index (κ1) is 15.3. The number of amides is 1. The molecule has 0 bridgehead atoms. The Morgan fingerprint density at radius 3 is 2.57 bits per heavy atom. The zero-order valence-corrected chi connectivity index (χ0v) is 12.7. The molecule has 1 saturated carbocycles. The van der Waals surface area contributed by atoms with Crippen molar-refractivity contribution in [2.45, 2.75) is 31.2 Å². The molecule has 2 N–H and O–H groups in total. The fourth-order valence-electron chi connectivity index (χ4n) is 3.04. The van der Waals surface area contributed by atoms with Crippen molar-refractivity contribution in [3.05, 3.63) is 42.5 Å². The van der Waals surface area contributed by atoms with E-state index in [2.05, 4.69) is 5.32 Å². The van der Waals surface area contributed by atoms with Crippen LogP contribution in [0, 0.1) is 0 Å². The van der Waals surface area contributed by atoms with Gasteiger partial charge in [0.15, 0.2) is 6.61 Å². The van der Waals surface area contributed by atoms with Crippen molar-refractivity contribution in [3.63, 3.8) is 0 Å². The first-order valence-electron chi connectivity index (χ1n) is 7.71. The highest BCUT2D eigenvalue weighted by atomic mass is 16.5. The summed E-state index contributed by atoms with van der Waals surface area (Å²) in [5.41, 5.74) is -0.592. The lowest BCUT2D eigenvalue weighted by atomic mass is 9.74. The highest BCUT2D eigenvalue weighted by molar-refractivity contribution is 5.88. The third-order valence-corrected chi connectivity index (χ3v) is 4.31. The van der Waals surface area contributed by atoms with Crippen LogP contribution in [0.5, 0.6) is 5.75 Å². The molecule has 1 fully saturated rings. The molecule has 1 aliphatic rings. The Morgan fingerprint density at radius 2 is 1.87 bits per heavy atom. The number of ether oxygens (including phenoxy) is 1. The van der Waals surface area contributed by atoms with Crippen LogP contribution in [0.3, 0.4) is 0 Å². The van der Waals surface area contributed by atoms with Gasteiger partial charge in [0.05, 0.1) is 12.0 Å². The normalized spacial score (nSPS) is 15.7. The minimum Gasteiger partial charge on any atom is -0.483 e. The fraction of sp³-hybridized carbons (Fsp3) is 0.333. The van der Waals surface area contributed by atoms with Gasteiger partial charge in [0.25, 0.3) is 5.91 Å². The monoisotopic (exact) mass is 313 g/mol. The van der Waals surface area contributed by atoms with Gasteiger partial charge in [0.1, 0.15) is 5.75 Å². The number of nitrogens with one attached hydrogen (secondary N) is 1. The molecular weight excluding hydrogens is 294 g/mol. The van der Waals surface area contributed by atoms with Gasteiger partial charge in [0, 0.05) is 5.39 Å². The maximum atomic E-state index is 12.1. The van der Waals surface area contributed by atoms with Crippen LogP contribution >= 0.6 is 0 Å². The molecular formula is C18H19NO4. The average Bonchev–Trinajstić information content (AvgIpc) is 2.50. The molecule has 0 aliphatic heterocycles. The number of aliphatic carboxylic acids is 1. The summed E-state index contributed by atoms with van der Waals surface area (Å²) >= 11 is 0. The van der Waals surface area contributed by atoms with Crippen molar-refractivity contribution in [3.8, 4) is 5.75 Å². The van der Waals surface area contributed by atoms with E-state index in [1.165, 1.54) is 0 Å². The summed E-state index contributed by atoms with van der Waals surface area (Å²) in [6.45, 7) is -0.116. The Labute approximate surface area is 134 Å². The third-order valence-electron chi connectivity index (χ3n) is 4.31. The van der Waals surface area contributed by atoms with E-state index in [4.69, 9.17) is 9.84 Å². The summed E-state index contributed by atoms with van der Waals surface area (Å²) in [5.74, 6) is -0.516. The van der Waals surface area contributed by atoms with Crippen molar-refractivity contribution in [2.75, 3.05) is 6.61 Å². The second-order valence-corrected chi connectivity index (χ2v) is 6.02. The van der Waals surface area contributed by atoms with Crippen LogP contribution in [-0.4, -0.2) is 29.1 Å². The third kappa shape index (κ3) is 3.44. The number of benzene rings is 2. The zero-order valence-electron chi connectivity index (χ0n) is 12.7. The largest absolute Gasteiger partial charge is 0.483 e. The summed E-state index contributed by atoms with van der Waals surface area (Å²) in [6, 6.07) is 13.5. The molecule has 1 aliphatic carbocycles. The average molecular weight is 313 g/mol. The molecule has 5 heteroatoms. The second kappa shape index (κ2) is 6.28. The van der Waals surface area contributed by atoms with Gasteiger partial charge in [-0.25, -0.2) is 0 Å². The quantitative estimate of drug-likeness (QED) is 0.860. The van der Waals surface area contributed by atoms with Crippen LogP contribution in [0.1, 0.15) is 25.7 Å². The van der Waals surface area contributed by atoms with E-state index in [1.54, 1.807) is 0 Å². The smallest absolute Gasteiger partial charge is 0.305 e.